The van der Waals surface area contributed by atoms with E-state index < -0.39 is 36.3 Å². The molecule has 0 aromatic heterocycles. The van der Waals surface area contributed by atoms with Crippen molar-refractivity contribution in [2.24, 2.45) is 28.8 Å². The minimum absolute atomic E-state index is 0.0119. The number of azide groups is 1. The van der Waals surface area contributed by atoms with Gasteiger partial charge in [-0.25, -0.2) is 0 Å². The molecule has 1 saturated carbocycles. The van der Waals surface area contributed by atoms with E-state index in [1.165, 1.54) is 0 Å². The highest BCUT2D eigenvalue weighted by atomic mass is 16.7. The second kappa shape index (κ2) is 21.2. The van der Waals surface area contributed by atoms with E-state index in [4.69, 9.17) is 52.9 Å². The highest BCUT2D eigenvalue weighted by Gasteiger charge is 2.72. The second-order valence-electron chi connectivity index (χ2n) is 20.5. The van der Waals surface area contributed by atoms with E-state index >= 15 is 0 Å². The SMILES string of the molecule is C=C1C[C@@H]2CC[C@]34C[C@@H](O)[C@@H]5C(O3)[C@@H]3[C@H]5O[C@H]5CC[C@H](CC(=O)C[C@@H]6[C@@H](OC)[C@@H](C[C@H](O)CNC(=O)CCOCCOCCN=[N+]=[N-])O[C@H]6C[C@H]6O[C@@H](CC[C@@H]1O2)C[C@@H](C)C6=C)O[C@@H]5[C@@H]3O4. The van der Waals surface area contributed by atoms with Gasteiger partial charge in [0, 0.05) is 87.8 Å². The maximum Gasteiger partial charge on any atom is 0.222 e. The quantitative estimate of drug-likeness (QED) is 0.0731. The van der Waals surface area contributed by atoms with Crippen molar-refractivity contribution < 1.29 is 67.2 Å². The van der Waals surface area contributed by atoms with Crippen molar-refractivity contribution >= 4 is 11.7 Å². The molecule has 9 bridgehead atoms. The average Bonchev–Trinajstić information content (AvgIpc) is 3.80. The van der Waals surface area contributed by atoms with Crippen molar-refractivity contribution in [3.63, 3.8) is 0 Å². The van der Waals surface area contributed by atoms with Gasteiger partial charge in [0.2, 0.25) is 5.91 Å². The van der Waals surface area contributed by atoms with Crippen molar-refractivity contribution in [1.29, 1.82) is 0 Å². The predicted octanol–water partition coefficient (Wildman–Crippen LogP) is 4.17. The van der Waals surface area contributed by atoms with Gasteiger partial charge in [0.1, 0.15) is 11.9 Å². The molecule has 1 amide bonds. The lowest BCUT2D eigenvalue weighted by atomic mass is 9.57. The lowest BCUT2D eigenvalue weighted by Gasteiger charge is -2.69. The molecule has 66 heavy (non-hydrogen) atoms. The zero-order valence-corrected chi connectivity index (χ0v) is 38.7. The van der Waals surface area contributed by atoms with Gasteiger partial charge in [-0.05, 0) is 67.5 Å². The van der Waals surface area contributed by atoms with Crippen LogP contribution in [0.4, 0.5) is 0 Å². The fourth-order valence-electron chi connectivity index (χ4n) is 12.8. The van der Waals surface area contributed by atoms with E-state index in [-0.39, 0.29) is 142 Å². The fourth-order valence-corrected chi connectivity index (χ4v) is 12.8. The third-order valence-corrected chi connectivity index (χ3v) is 16.2. The maximum absolute atomic E-state index is 14.3. The molecule has 3 N–H and O–H groups in total. The summed E-state index contributed by atoms with van der Waals surface area (Å²) in [6, 6.07) is 0. The third-order valence-electron chi connectivity index (χ3n) is 16.2. The van der Waals surface area contributed by atoms with Crippen LogP contribution in [0.15, 0.2) is 29.4 Å². The highest BCUT2D eigenvalue weighted by Crippen LogP contribution is 2.60. The van der Waals surface area contributed by atoms with Crippen LogP contribution in [-0.4, -0.2) is 166 Å². The van der Waals surface area contributed by atoms with Crippen molar-refractivity contribution in [3.05, 3.63) is 34.7 Å². The minimum atomic E-state index is -0.950. The Balaban J connectivity index is 0.878. The summed E-state index contributed by atoms with van der Waals surface area (Å²) in [4.78, 5) is 29.6. The first kappa shape index (κ1) is 48.5. The molecule has 20 atom stereocenters. The number of Topliss-reactive ketones (excluding diaryl/α,β-unsaturated/α-hetero) is 1. The Labute approximate surface area is 387 Å². The van der Waals surface area contributed by atoms with E-state index in [1.54, 1.807) is 7.11 Å². The molecule has 8 heterocycles. The van der Waals surface area contributed by atoms with Gasteiger partial charge < -0.3 is 62.9 Å². The summed E-state index contributed by atoms with van der Waals surface area (Å²) in [5.41, 5.74) is 10.4. The van der Waals surface area contributed by atoms with Gasteiger partial charge in [0.05, 0.1) is 112 Å². The first-order chi connectivity index (χ1) is 31.9. The number of methoxy groups -OCH3 is 1. The molecule has 18 nitrogen and oxygen atoms in total. The van der Waals surface area contributed by atoms with E-state index in [0.29, 0.717) is 45.5 Å². The maximum atomic E-state index is 14.3. The molecular formula is C48H72N4O14. The molecule has 9 fully saturated rings. The van der Waals surface area contributed by atoms with E-state index in [2.05, 4.69) is 35.4 Å². The standard InChI is InChI=1S/C48H72N4O14/c1-25-17-30-5-7-35-26(2)18-32(60-35)9-11-48-23-34(55)41-45-42(46(41)65-48)47(66-48)44-36(64-45)8-6-31(62-44)19-28(53)20-33-38(22-37(61-30)27(25)3)63-39(43(33)57-4)21-29(54)24-50-40(56)10-13-58-15-16-59-14-12-51-52-49/h25,29-39,41-47,54-55H,2-3,5-24H2,1,4H3,(H,50,56)/t25-,29+,30+,31-,32+,33+,34-,35+,36+,37-,38+,39-,41+,42+,43-,44+,45+,46?,47-,48+/m1/s1. The number of nitrogens with zero attached hydrogens (tertiary/aromatic N) is 3. The van der Waals surface area contributed by atoms with Crippen molar-refractivity contribution in [2.45, 2.75) is 194 Å². The van der Waals surface area contributed by atoms with Crippen LogP contribution in [0.25, 0.3) is 10.4 Å². The lowest BCUT2D eigenvalue weighted by molar-refractivity contribution is -0.470. The molecule has 8 aliphatic heterocycles. The molecule has 0 aromatic carbocycles. The van der Waals surface area contributed by atoms with Gasteiger partial charge in [-0.3, -0.25) is 9.59 Å². The average molecular weight is 929 g/mol. The number of carbonyl (C=O) groups excluding carboxylic acids is 2. The summed E-state index contributed by atoms with van der Waals surface area (Å²) in [5, 5.41) is 28.9. The molecular weight excluding hydrogens is 857 g/mol. The van der Waals surface area contributed by atoms with Gasteiger partial charge in [0.15, 0.2) is 5.79 Å². The number of ketones is 1. The Hall–Kier alpha value is -2.55. The topological polar surface area (TPSA) is 228 Å². The van der Waals surface area contributed by atoms with Gasteiger partial charge in [-0.15, -0.1) is 0 Å². The molecule has 9 aliphatic rings. The zero-order valence-electron chi connectivity index (χ0n) is 38.7. The Morgan fingerprint density at radius 1 is 0.879 bits per heavy atom. The summed E-state index contributed by atoms with van der Waals surface area (Å²) in [7, 11) is 1.62. The smallest absolute Gasteiger partial charge is 0.222 e. The number of fused-ring (bicyclic) bond motifs is 7. The molecule has 18 heteroatoms. The van der Waals surface area contributed by atoms with Crippen LogP contribution in [0, 0.1) is 23.7 Å². The molecule has 8 saturated heterocycles. The van der Waals surface area contributed by atoms with Crippen molar-refractivity contribution in [2.75, 3.05) is 46.6 Å². The van der Waals surface area contributed by atoms with Gasteiger partial charge in [-0.1, -0.05) is 25.2 Å². The summed E-state index contributed by atoms with van der Waals surface area (Å²) in [6.07, 6.45) is 2.52. The monoisotopic (exact) mass is 929 g/mol. The van der Waals surface area contributed by atoms with Crippen LogP contribution in [-0.2, 0) is 57.0 Å². The number of hydrogen-bond acceptors (Lipinski definition) is 15. The van der Waals surface area contributed by atoms with Crippen LogP contribution in [0.5, 0.6) is 0 Å². The van der Waals surface area contributed by atoms with Gasteiger partial charge in [0.25, 0.3) is 0 Å². The molecule has 1 aliphatic carbocycles. The first-order valence-corrected chi connectivity index (χ1v) is 24.8. The van der Waals surface area contributed by atoms with E-state index in [1.807, 2.05) is 0 Å². The normalized spacial score (nSPS) is 44.6. The number of rotatable bonds is 14. The van der Waals surface area contributed by atoms with Crippen molar-refractivity contribution in [1.82, 2.24) is 5.32 Å². The number of nitrogens with one attached hydrogen (secondary N) is 1. The molecule has 0 radical (unpaired) electrons. The number of amides is 1. The minimum Gasteiger partial charge on any atom is -0.392 e. The van der Waals surface area contributed by atoms with Crippen LogP contribution in [0.1, 0.15) is 96.8 Å². The summed E-state index contributed by atoms with van der Waals surface area (Å²) in [6.45, 7) is 12.5. The number of ether oxygens (including phenoxy) is 10. The Morgan fingerprint density at radius 3 is 2.47 bits per heavy atom. The van der Waals surface area contributed by atoms with Crippen LogP contribution >= 0.6 is 0 Å². The second-order valence-corrected chi connectivity index (χ2v) is 20.5. The molecule has 1 spiro atoms. The van der Waals surface area contributed by atoms with Gasteiger partial charge in [-0.2, -0.15) is 0 Å². The highest BCUT2D eigenvalue weighted by molar-refractivity contribution is 5.79. The molecule has 9 rings (SSSR count). The van der Waals surface area contributed by atoms with E-state index in [0.717, 1.165) is 49.7 Å². The van der Waals surface area contributed by atoms with Gasteiger partial charge >= 0.3 is 0 Å². The largest absolute Gasteiger partial charge is 0.392 e. The Kier molecular flexibility index (Phi) is 15.6. The first-order valence-electron chi connectivity index (χ1n) is 24.8. The molecule has 0 aromatic rings. The summed E-state index contributed by atoms with van der Waals surface area (Å²) < 4.78 is 64.6. The molecule has 368 valence electrons. The summed E-state index contributed by atoms with van der Waals surface area (Å²) in [5.74, 6) is -1.43. The Morgan fingerprint density at radius 2 is 1.65 bits per heavy atom. The van der Waals surface area contributed by atoms with Crippen molar-refractivity contribution in [3.8, 4) is 0 Å². The zero-order chi connectivity index (χ0) is 46.1. The molecule has 1 unspecified atom stereocenters. The Bertz CT molecular complexity index is 1800. The predicted molar refractivity (Wildman–Crippen MR) is 235 cm³/mol. The number of hydrogen-bond donors (Lipinski definition) is 3. The van der Waals surface area contributed by atoms with Crippen LogP contribution in [0.3, 0.4) is 0 Å². The van der Waals surface area contributed by atoms with E-state index in [9.17, 15) is 19.8 Å². The van der Waals surface area contributed by atoms with Crippen LogP contribution < -0.4 is 5.32 Å². The number of aliphatic hydroxyl groups is 2. The fraction of sp³-hybridized carbons (Fsp3) is 0.875. The third kappa shape index (κ3) is 10.5. The summed E-state index contributed by atoms with van der Waals surface area (Å²) >= 11 is 0. The number of aliphatic hydroxyl groups excluding tert-OH is 2. The lowest BCUT2D eigenvalue weighted by Crippen LogP contribution is -2.81. The van der Waals surface area contributed by atoms with Crippen LogP contribution in [0.2, 0.25) is 0 Å². The number of carbonyl (C=O) groups is 2.